The minimum atomic E-state index is -0.728. The first-order valence-electron chi connectivity index (χ1n) is 10.6. The minimum Gasteiger partial charge on any atom is -0.494 e. The van der Waals surface area contributed by atoms with Crippen LogP contribution < -0.4 is 21.3 Å². The Bertz CT molecular complexity index is 1400. The number of rotatable bonds is 7. The normalized spacial score (nSPS) is 11.4. The molecule has 2 aromatic carbocycles. The van der Waals surface area contributed by atoms with Gasteiger partial charge >= 0.3 is 5.69 Å². The maximum absolute atomic E-state index is 12.9. The summed E-state index contributed by atoms with van der Waals surface area (Å²) in [6.07, 6.45) is 0. The Morgan fingerprint density at radius 3 is 2.49 bits per heavy atom. The number of nitrogens with one attached hydrogen (secondary N) is 1. The van der Waals surface area contributed by atoms with E-state index in [2.05, 4.69) is 10.3 Å². The number of benzene rings is 2. The summed E-state index contributed by atoms with van der Waals surface area (Å²) in [6, 6.07) is 12.0. The number of aryl methyl sites for hydroxylation is 1. The van der Waals surface area contributed by atoms with Crippen LogP contribution in [0.3, 0.4) is 0 Å². The van der Waals surface area contributed by atoms with Crippen molar-refractivity contribution in [3.8, 4) is 11.6 Å². The molecule has 2 N–H and O–H groups in total. The molecule has 0 aliphatic rings. The van der Waals surface area contributed by atoms with E-state index in [1.165, 1.54) is 14.1 Å². The fourth-order valence-electron chi connectivity index (χ4n) is 3.13. The summed E-state index contributed by atoms with van der Waals surface area (Å²) in [7, 11) is 2.65. The molecule has 11 heteroatoms. The fraction of sp³-hybridized carbons (Fsp3) is 0.250. The summed E-state index contributed by atoms with van der Waals surface area (Å²) in [5.74, 6) is -0.368. The van der Waals surface area contributed by atoms with Gasteiger partial charge < -0.3 is 15.2 Å². The van der Waals surface area contributed by atoms with Crippen molar-refractivity contribution in [3.63, 3.8) is 0 Å². The third kappa shape index (κ3) is 6.14. The van der Waals surface area contributed by atoms with Crippen LogP contribution in [-0.4, -0.2) is 37.6 Å². The molecule has 35 heavy (non-hydrogen) atoms. The first-order valence-corrected chi connectivity index (χ1v) is 12.0. The second-order valence-electron chi connectivity index (χ2n) is 7.54. The second-order valence-corrected chi connectivity index (χ2v) is 8.94. The van der Waals surface area contributed by atoms with Gasteiger partial charge in [-0.3, -0.25) is 18.7 Å². The van der Waals surface area contributed by atoms with Gasteiger partial charge in [0.05, 0.1) is 18.0 Å². The number of nitrogens with zero attached hydrogens (tertiary/aromatic N) is 3. The van der Waals surface area contributed by atoms with Gasteiger partial charge in [-0.15, -0.1) is 0 Å². The summed E-state index contributed by atoms with van der Waals surface area (Å²) in [4.78, 5) is 42.3. The topological polar surface area (TPSA) is 115 Å². The van der Waals surface area contributed by atoms with Crippen molar-refractivity contribution >= 4 is 45.7 Å². The van der Waals surface area contributed by atoms with Crippen molar-refractivity contribution in [2.75, 3.05) is 17.7 Å². The number of thioether (sulfide) groups is 1. The Morgan fingerprint density at radius 1 is 1.14 bits per heavy atom. The van der Waals surface area contributed by atoms with E-state index in [1.807, 2.05) is 13.8 Å². The van der Waals surface area contributed by atoms with E-state index >= 15 is 0 Å². The van der Waals surface area contributed by atoms with Crippen molar-refractivity contribution in [1.29, 1.82) is 0 Å². The Balaban J connectivity index is 1.98. The lowest BCUT2D eigenvalue weighted by Gasteiger charge is -2.13. The van der Waals surface area contributed by atoms with Crippen molar-refractivity contribution in [3.05, 3.63) is 79.5 Å². The average molecular weight is 517 g/mol. The molecule has 0 bridgehead atoms. The molecular weight excluding hydrogens is 492 g/mol. The van der Waals surface area contributed by atoms with Crippen LogP contribution in [-0.2, 0) is 18.9 Å². The largest absolute Gasteiger partial charge is 0.494 e. The van der Waals surface area contributed by atoms with Gasteiger partial charge in [0.2, 0.25) is 11.8 Å². The number of carbonyl (C=O) groups excluding carboxylic acids is 1. The fourth-order valence-corrected chi connectivity index (χ4v) is 4.14. The van der Waals surface area contributed by atoms with Gasteiger partial charge in [-0.05, 0) is 55.8 Å². The number of aromatic nitrogens is 2. The van der Waals surface area contributed by atoms with Crippen LogP contribution in [0.1, 0.15) is 18.1 Å². The van der Waals surface area contributed by atoms with Crippen molar-refractivity contribution in [1.82, 2.24) is 9.13 Å². The lowest BCUT2D eigenvalue weighted by molar-refractivity contribution is -0.113. The Kier molecular flexibility index (Phi) is 8.42. The lowest BCUT2D eigenvalue weighted by atomic mass is 10.2. The van der Waals surface area contributed by atoms with Crippen molar-refractivity contribution in [2.24, 2.45) is 19.1 Å². The van der Waals surface area contributed by atoms with Crippen LogP contribution in [0, 0.1) is 6.92 Å². The first-order chi connectivity index (χ1) is 16.6. The molecule has 0 saturated carbocycles. The molecular formula is C24H25ClN4O5S. The van der Waals surface area contributed by atoms with Crippen LogP contribution in [0.4, 0.5) is 11.4 Å². The van der Waals surface area contributed by atoms with E-state index in [-0.39, 0.29) is 22.3 Å². The molecule has 0 fully saturated rings. The number of hydrogen-bond donors (Lipinski definition) is 2. The Morgan fingerprint density at radius 2 is 1.83 bits per heavy atom. The number of anilines is 1. The molecule has 1 aromatic heterocycles. The first kappa shape index (κ1) is 26.1. The molecule has 0 atom stereocenters. The van der Waals surface area contributed by atoms with Crippen LogP contribution in [0.2, 0.25) is 5.02 Å². The predicted octanol–water partition coefficient (Wildman–Crippen LogP) is 3.60. The van der Waals surface area contributed by atoms with E-state index in [1.54, 1.807) is 42.5 Å². The summed E-state index contributed by atoms with van der Waals surface area (Å²) < 4.78 is 7.26. The molecule has 0 saturated heterocycles. The number of amides is 1. The molecule has 3 aromatic rings. The SMILES string of the molecule is CCOc1ccc(N=C(SCC(=O)Nc2cc(Cl)ccc2C)c2c(O)n(C)c(=O)n(C)c2=O)cc1. The molecule has 0 spiro atoms. The van der Waals surface area contributed by atoms with E-state index in [4.69, 9.17) is 16.3 Å². The number of aromatic hydroxyl groups is 1. The van der Waals surface area contributed by atoms with Crippen LogP contribution in [0.15, 0.2) is 57.0 Å². The lowest BCUT2D eigenvalue weighted by Crippen LogP contribution is -2.39. The maximum atomic E-state index is 12.9. The highest BCUT2D eigenvalue weighted by Gasteiger charge is 2.22. The summed E-state index contributed by atoms with van der Waals surface area (Å²) >= 11 is 6.99. The highest BCUT2D eigenvalue weighted by Crippen LogP contribution is 2.25. The van der Waals surface area contributed by atoms with E-state index in [0.29, 0.717) is 28.8 Å². The van der Waals surface area contributed by atoms with Gasteiger partial charge in [0.15, 0.2) is 0 Å². The van der Waals surface area contributed by atoms with E-state index in [0.717, 1.165) is 26.5 Å². The summed E-state index contributed by atoms with van der Waals surface area (Å²) in [5.41, 5.74) is 0.275. The maximum Gasteiger partial charge on any atom is 0.333 e. The predicted molar refractivity (Wildman–Crippen MR) is 140 cm³/mol. The molecule has 184 valence electrons. The van der Waals surface area contributed by atoms with Gasteiger partial charge in [-0.25, -0.2) is 9.79 Å². The third-order valence-corrected chi connectivity index (χ3v) is 6.25. The average Bonchev–Trinajstić information content (AvgIpc) is 2.83. The molecule has 9 nitrogen and oxygen atoms in total. The molecule has 1 heterocycles. The van der Waals surface area contributed by atoms with Gasteiger partial charge in [0.25, 0.3) is 5.56 Å². The quantitative estimate of drug-likeness (QED) is 0.366. The summed E-state index contributed by atoms with van der Waals surface area (Å²) in [5, 5.41) is 14.0. The molecule has 0 aliphatic heterocycles. The van der Waals surface area contributed by atoms with Gasteiger partial charge in [-0.2, -0.15) is 0 Å². The Hall–Kier alpha value is -3.50. The number of hydrogen-bond acceptors (Lipinski definition) is 7. The van der Waals surface area contributed by atoms with Crippen LogP contribution in [0.25, 0.3) is 0 Å². The van der Waals surface area contributed by atoms with Gasteiger partial charge in [0.1, 0.15) is 16.4 Å². The number of halogens is 1. The number of carbonyl (C=O) groups is 1. The minimum absolute atomic E-state index is 0.0841. The van der Waals surface area contributed by atoms with Gasteiger partial charge in [-0.1, -0.05) is 29.4 Å². The van der Waals surface area contributed by atoms with Crippen LogP contribution in [0.5, 0.6) is 11.6 Å². The highest BCUT2D eigenvalue weighted by atomic mass is 35.5. The van der Waals surface area contributed by atoms with E-state index < -0.39 is 17.1 Å². The number of ether oxygens (including phenoxy) is 1. The molecule has 0 radical (unpaired) electrons. The summed E-state index contributed by atoms with van der Waals surface area (Å²) in [6.45, 7) is 4.21. The standard InChI is InChI=1S/C24H25ClN4O5S/c1-5-34-17-10-8-16(9-11-17)26-21(20-22(31)28(3)24(33)29(4)23(20)32)35-13-19(30)27-18-12-15(25)7-6-14(18)2/h6-12,31H,5,13H2,1-4H3,(H,27,30). The van der Waals surface area contributed by atoms with Crippen LogP contribution >= 0.6 is 23.4 Å². The molecule has 3 rings (SSSR count). The number of aliphatic imine (C=N–C) groups is 1. The van der Waals surface area contributed by atoms with Crippen molar-refractivity contribution in [2.45, 2.75) is 13.8 Å². The molecule has 0 unspecified atom stereocenters. The Labute approximate surface area is 211 Å². The van der Waals surface area contributed by atoms with Gasteiger partial charge in [0, 0.05) is 24.8 Å². The molecule has 0 aliphatic carbocycles. The second kappa shape index (κ2) is 11.3. The third-order valence-electron chi connectivity index (χ3n) is 5.04. The smallest absolute Gasteiger partial charge is 0.333 e. The zero-order valence-corrected chi connectivity index (χ0v) is 21.2. The zero-order chi connectivity index (χ0) is 25.7. The van der Waals surface area contributed by atoms with Crippen molar-refractivity contribution < 1.29 is 14.6 Å². The van der Waals surface area contributed by atoms with E-state index in [9.17, 15) is 19.5 Å². The monoisotopic (exact) mass is 516 g/mol. The molecule has 1 amide bonds. The zero-order valence-electron chi connectivity index (χ0n) is 19.7. The highest BCUT2D eigenvalue weighted by molar-refractivity contribution is 8.15.